The first-order valence-electron chi connectivity index (χ1n) is 8.04. The highest BCUT2D eigenvalue weighted by molar-refractivity contribution is 5.91. The van der Waals surface area contributed by atoms with Crippen molar-refractivity contribution in [3.8, 4) is 0 Å². The van der Waals surface area contributed by atoms with Gasteiger partial charge in [0.2, 0.25) is 0 Å². The van der Waals surface area contributed by atoms with Gasteiger partial charge in [0.15, 0.2) is 0 Å². The second-order valence-corrected chi connectivity index (χ2v) is 5.18. The van der Waals surface area contributed by atoms with Crippen molar-refractivity contribution >= 4 is 11.9 Å². The summed E-state index contributed by atoms with van der Waals surface area (Å²) < 4.78 is 15.2. The zero-order valence-electron chi connectivity index (χ0n) is 13.4. The van der Waals surface area contributed by atoms with Crippen molar-refractivity contribution in [3.05, 3.63) is 12.2 Å². The normalized spacial score (nSPS) is 15.9. The Morgan fingerprint density at radius 3 is 2.18 bits per heavy atom. The Kier molecular flexibility index (Phi) is 10.3. The van der Waals surface area contributed by atoms with Crippen LogP contribution >= 0.6 is 0 Å². The molecule has 0 aromatic heterocycles. The number of nitrogens with zero attached hydrogens (tertiary/aromatic N) is 1. The predicted molar refractivity (Wildman–Crippen MR) is 82.5 cm³/mol. The van der Waals surface area contributed by atoms with Gasteiger partial charge < -0.3 is 14.2 Å². The number of rotatable bonds is 10. The Labute approximate surface area is 132 Å². The Bertz CT molecular complexity index is 350. The average Bonchev–Trinajstić information content (AvgIpc) is 2.55. The van der Waals surface area contributed by atoms with E-state index in [1.54, 1.807) is 0 Å². The molecule has 0 N–H and O–H groups in total. The van der Waals surface area contributed by atoms with E-state index < -0.39 is 11.9 Å². The van der Waals surface area contributed by atoms with Crippen LogP contribution in [0.15, 0.2) is 12.2 Å². The first-order valence-corrected chi connectivity index (χ1v) is 8.04. The van der Waals surface area contributed by atoms with Crippen LogP contribution in [0.25, 0.3) is 0 Å². The van der Waals surface area contributed by atoms with Gasteiger partial charge in [-0.05, 0) is 12.8 Å². The van der Waals surface area contributed by atoms with Gasteiger partial charge in [-0.2, -0.15) is 0 Å². The molecule has 0 aromatic rings. The first kappa shape index (κ1) is 18.6. The molecule has 0 radical (unpaired) electrons. The third kappa shape index (κ3) is 9.52. The van der Waals surface area contributed by atoms with Crippen molar-refractivity contribution in [2.45, 2.75) is 32.6 Å². The van der Waals surface area contributed by atoms with E-state index in [0.717, 1.165) is 70.7 Å². The molecular formula is C16H27NO5. The van der Waals surface area contributed by atoms with Gasteiger partial charge in [-0.25, -0.2) is 9.59 Å². The van der Waals surface area contributed by atoms with Gasteiger partial charge >= 0.3 is 11.9 Å². The molecule has 6 heteroatoms. The van der Waals surface area contributed by atoms with Crippen LogP contribution in [0.2, 0.25) is 0 Å². The molecule has 0 amide bonds. The van der Waals surface area contributed by atoms with Crippen LogP contribution in [0.3, 0.4) is 0 Å². The van der Waals surface area contributed by atoms with Crippen LogP contribution in [0.5, 0.6) is 0 Å². The molecule has 1 aliphatic heterocycles. The summed E-state index contributed by atoms with van der Waals surface area (Å²) in [7, 11) is 0. The first-order chi connectivity index (χ1) is 10.7. The van der Waals surface area contributed by atoms with E-state index in [-0.39, 0.29) is 0 Å². The molecule has 126 valence electrons. The fourth-order valence-electron chi connectivity index (χ4n) is 2.04. The highest BCUT2D eigenvalue weighted by Crippen LogP contribution is 1.99. The summed E-state index contributed by atoms with van der Waals surface area (Å²) in [6.45, 7) is 7.11. The van der Waals surface area contributed by atoms with E-state index in [1.165, 1.54) is 0 Å². The van der Waals surface area contributed by atoms with Crippen molar-refractivity contribution in [1.82, 2.24) is 4.90 Å². The molecule has 0 atom stereocenters. The Balaban J connectivity index is 2.01. The minimum absolute atomic E-state index is 0.353. The number of unbranched alkanes of at least 4 members (excludes halogenated alkanes) is 2. The molecule has 1 saturated heterocycles. The minimum atomic E-state index is -0.507. The molecule has 22 heavy (non-hydrogen) atoms. The highest BCUT2D eigenvalue weighted by Gasteiger charge is 2.09. The standard InChI is InChI=1S/C16H27NO5/c1-2-3-4-11-21-15(18)6-7-16(19)22-12-5-8-17-9-13-20-14-10-17/h6-7H,2-5,8-14H2,1H3/b7-6+. The molecule has 0 unspecified atom stereocenters. The van der Waals surface area contributed by atoms with E-state index in [1.807, 2.05) is 0 Å². The van der Waals surface area contributed by atoms with Gasteiger partial charge in [-0.3, -0.25) is 4.90 Å². The van der Waals surface area contributed by atoms with Crippen molar-refractivity contribution < 1.29 is 23.8 Å². The van der Waals surface area contributed by atoms with Gasteiger partial charge in [0, 0.05) is 31.8 Å². The van der Waals surface area contributed by atoms with Crippen LogP contribution < -0.4 is 0 Å². The molecule has 1 heterocycles. The number of morpholine rings is 1. The van der Waals surface area contributed by atoms with Gasteiger partial charge in [-0.1, -0.05) is 19.8 Å². The maximum absolute atomic E-state index is 11.4. The number of carbonyl (C=O) groups excluding carboxylic acids is 2. The van der Waals surface area contributed by atoms with Gasteiger partial charge in [0.05, 0.1) is 26.4 Å². The molecule has 0 aliphatic carbocycles. The molecule has 1 rings (SSSR count). The number of hydrogen-bond donors (Lipinski definition) is 0. The van der Waals surface area contributed by atoms with E-state index in [0.29, 0.717) is 13.2 Å². The number of esters is 2. The zero-order valence-corrected chi connectivity index (χ0v) is 13.4. The molecular weight excluding hydrogens is 286 g/mol. The Morgan fingerprint density at radius 2 is 1.59 bits per heavy atom. The molecule has 0 aromatic carbocycles. The number of hydrogen-bond acceptors (Lipinski definition) is 6. The second-order valence-electron chi connectivity index (χ2n) is 5.18. The minimum Gasteiger partial charge on any atom is -0.463 e. The lowest BCUT2D eigenvalue weighted by Crippen LogP contribution is -2.37. The van der Waals surface area contributed by atoms with Crippen LogP contribution in [0, 0.1) is 0 Å². The third-order valence-electron chi connectivity index (χ3n) is 3.31. The average molecular weight is 313 g/mol. The van der Waals surface area contributed by atoms with Crippen molar-refractivity contribution in [3.63, 3.8) is 0 Å². The monoisotopic (exact) mass is 313 g/mol. The Morgan fingerprint density at radius 1 is 1.00 bits per heavy atom. The summed E-state index contributed by atoms with van der Waals surface area (Å²) in [5.41, 5.74) is 0. The van der Waals surface area contributed by atoms with Crippen molar-refractivity contribution in [2.75, 3.05) is 46.1 Å². The molecule has 0 spiro atoms. The molecule has 1 fully saturated rings. The Hall–Kier alpha value is -1.40. The highest BCUT2D eigenvalue weighted by atomic mass is 16.5. The predicted octanol–water partition coefficient (Wildman–Crippen LogP) is 1.54. The molecule has 0 bridgehead atoms. The summed E-state index contributed by atoms with van der Waals surface area (Å²) in [4.78, 5) is 25.0. The van der Waals surface area contributed by atoms with Crippen molar-refractivity contribution in [1.29, 1.82) is 0 Å². The maximum Gasteiger partial charge on any atom is 0.331 e. The quantitative estimate of drug-likeness (QED) is 0.346. The summed E-state index contributed by atoms with van der Waals surface area (Å²) in [6, 6.07) is 0. The van der Waals surface area contributed by atoms with E-state index >= 15 is 0 Å². The topological polar surface area (TPSA) is 65.1 Å². The summed E-state index contributed by atoms with van der Waals surface area (Å²) in [5, 5.41) is 0. The lowest BCUT2D eigenvalue weighted by atomic mass is 10.3. The molecule has 0 saturated carbocycles. The summed E-state index contributed by atoms with van der Waals surface area (Å²) >= 11 is 0. The lowest BCUT2D eigenvalue weighted by molar-refractivity contribution is -0.140. The van der Waals surface area contributed by atoms with Crippen LogP contribution in [0.4, 0.5) is 0 Å². The van der Waals surface area contributed by atoms with Crippen LogP contribution in [-0.4, -0.2) is 62.9 Å². The lowest BCUT2D eigenvalue weighted by Gasteiger charge is -2.26. The summed E-state index contributed by atoms with van der Waals surface area (Å²) in [6.07, 6.45) is 5.97. The van der Waals surface area contributed by atoms with Gasteiger partial charge in [-0.15, -0.1) is 0 Å². The van der Waals surface area contributed by atoms with Gasteiger partial charge in [0.25, 0.3) is 0 Å². The fraction of sp³-hybridized carbons (Fsp3) is 0.750. The van der Waals surface area contributed by atoms with Gasteiger partial charge in [0.1, 0.15) is 0 Å². The second kappa shape index (κ2) is 12.2. The third-order valence-corrected chi connectivity index (χ3v) is 3.31. The fourth-order valence-corrected chi connectivity index (χ4v) is 2.04. The van der Waals surface area contributed by atoms with Crippen molar-refractivity contribution in [2.24, 2.45) is 0 Å². The van der Waals surface area contributed by atoms with E-state index in [4.69, 9.17) is 14.2 Å². The molecule has 6 nitrogen and oxygen atoms in total. The smallest absolute Gasteiger partial charge is 0.331 e. The molecule has 1 aliphatic rings. The van der Waals surface area contributed by atoms with Crippen LogP contribution in [-0.2, 0) is 23.8 Å². The van der Waals surface area contributed by atoms with E-state index in [9.17, 15) is 9.59 Å². The number of ether oxygens (including phenoxy) is 3. The van der Waals surface area contributed by atoms with Crippen LogP contribution in [0.1, 0.15) is 32.6 Å². The zero-order chi connectivity index (χ0) is 16.0. The SMILES string of the molecule is CCCCCOC(=O)/C=C/C(=O)OCCCN1CCOCC1. The largest absolute Gasteiger partial charge is 0.463 e. The maximum atomic E-state index is 11.4. The summed E-state index contributed by atoms with van der Waals surface area (Å²) in [5.74, 6) is -1.01. The van der Waals surface area contributed by atoms with E-state index in [2.05, 4.69) is 11.8 Å². The number of carbonyl (C=O) groups is 2.